The molecule has 3 nitrogen and oxygen atoms in total. The third kappa shape index (κ3) is 3.97. The maximum Gasteiger partial charge on any atom is 0.339 e. The molecule has 0 aliphatic rings. The van der Waals surface area contributed by atoms with E-state index in [0.29, 0.717) is 17.2 Å². The van der Waals surface area contributed by atoms with Crippen molar-refractivity contribution in [2.45, 2.75) is 25.2 Å². The van der Waals surface area contributed by atoms with E-state index in [0.717, 1.165) is 17.1 Å². The topological polar surface area (TPSA) is 52.3 Å². The van der Waals surface area contributed by atoms with E-state index in [1.165, 1.54) is 7.11 Å². The van der Waals surface area contributed by atoms with Crippen LogP contribution >= 0.6 is 11.8 Å². The minimum Gasteiger partial charge on any atom is -0.465 e. The molecule has 1 rings (SSSR count). The number of ether oxygens (including phenoxy) is 1. The first-order chi connectivity index (χ1) is 8.06. The average molecular weight is 253 g/mol. The van der Waals surface area contributed by atoms with Crippen LogP contribution in [0.3, 0.4) is 0 Å². The summed E-state index contributed by atoms with van der Waals surface area (Å²) in [6.07, 6.45) is 1.10. The minimum atomic E-state index is -0.329. The summed E-state index contributed by atoms with van der Waals surface area (Å²) in [6.45, 7) is 4.35. The molecule has 4 heteroatoms. The van der Waals surface area contributed by atoms with Gasteiger partial charge in [0.05, 0.1) is 12.7 Å². The number of rotatable bonds is 5. The van der Waals surface area contributed by atoms with Crippen LogP contribution in [0.1, 0.15) is 30.6 Å². The van der Waals surface area contributed by atoms with Crippen LogP contribution in [0, 0.1) is 5.92 Å². The fourth-order valence-electron chi connectivity index (χ4n) is 1.38. The number of carbonyl (C=O) groups is 1. The number of thioether (sulfide) groups is 1. The number of nitrogen functional groups attached to an aromatic ring is 1. The molecular formula is C13H19NO2S. The van der Waals surface area contributed by atoms with Crippen molar-refractivity contribution in [3.63, 3.8) is 0 Å². The number of methoxy groups -OCH3 is 1. The van der Waals surface area contributed by atoms with Crippen molar-refractivity contribution >= 4 is 23.4 Å². The molecule has 0 aliphatic carbocycles. The second-order valence-electron chi connectivity index (χ2n) is 4.25. The van der Waals surface area contributed by atoms with E-state index in [4.69, 9.17) is 10.5 Å². The van der Waals surface area contributed by atoms with Gasteiger partial charge in [-0.15, -0.1) is 11.8 Å². The third-order valence-corrected chi connectivity index (χ3v) is 3.58. The molecule has 0 amide bonds. The van der Waals surface area contributed by atoms with Gasteiger partial charge < -0.3 is 10.5 Å². The van der Waals surface area contributed by atoms with Gasteiger partial charge in [-0.2, -0.15) is 0 Å². The molecule has 94 valence electrons. The summed E-state index contributed by atoms with van der Waals surface area (Å²) >= 11 is 1.62. The van der Waals surface area contributed by atoms with Gasteiger partial charge in [0.15, 0.2) is 0 Å². The van der Waals surface area contributed by atoms with Crippen molar-refractivity contribution in [1.29, 1.82) is 0 Å². The number of hydrogen-bond donors (Lipinski definition) is 1. The van der Waals surface area contributed by atoms with Crippen molar-refractivity contribution in [3.8, 4) is 0 Å². The smallest absolute Gasteiger partial charge is 0.339 e. The first kappa shape index (κ1) is 13.9. The van der Waals surface area contributed by atoms with Gasteiger partial charge in [0.2, 0.25) is 0 Å². The van der Waals surface area contributed by atoms with Gasteiger partial charge >= 0.3 is 5.97 Å². The van der Waals surface area contributed by atoms with Gasteiger partial charge in [0, 0.05) is 10.6 Å². The Kier molecular flexibility index (Phi) is 5.35. The summed E-state index contributed by atoms with van der Waals surface area (Å²) in [4.78, 5) is 12.4. The van der Waals surface area contributed by atoms with Crippen molar-refractivity contribution in [2.24, 2.45) is 5.92 Å². The van der Waals surface area contributed by atoms with E-state index >= 15 is 0 Å². The van der Waals surface area contributed by atoms with E-state index in [9.17, 15) is 4.79 Å². The third-order valence-electron chi connectivity index (χ3n) is 2.39. The quantitative estimate of drug-likeness (QED) is 0.497. The molecule has 0 saturated heterocycles. The van der Waals surface area contributed by atoms with Crippen LogP contribution in [-0.2, 0) is 4.74 Å². The van der Waals surface area contributed by atoms with Crippen LogP contribution in [-0.4, -0.2) is 18.8 Å². The van der Waals surface area contributed by atoms with Crippen LogP contribution in [0.2, 0.25) is 0 Å². The zero-order valence-corrected chi connectivity index (χ0v) is 11.3. The van der Waals surface area contributed by atoms with Crippen LogP contribution in [0.5, 0.6) is 0 Å². The first-order valence-electron chi connectivity index (χ1n) is 5.65. The molecule has 0 fully saturated rings. The minimum absolute atomic E-state index is 0.329. The highest BCUT2D eigenvalue weighted by Gasteiger charge is 2.14. The molecule has 0 radical (unpaired) electrons. The molecule has 1 aromatic carbocycles. The standard InChI is InChI=1S/C13H19NO2S/c1-9(2)7-8-17-12-10(13(15)16-3)5-4-6-11(12)14/h4-6,9H,7-8,14H2,1-3H3. The molecule has 0 heterocycles. The Labute approximate surface area is 107 Å². The predicted molar refractivity (Wildman–Crippen MR) is 72.4 cm³/mol. The van der Waals surface area contributed by atoms with Crippen molar-refractivity contribution in [1.82, 2.24) is 0 Å². The van der Waals surface area contributed by atoms with Gasteiger partial charge in [-0.25, -0.2) is 4.79 Å². The number of nitrogens with two attached hydrogens (primary N) is 1. The highest BCUT2D eigenvalue weighted by Crippen LogP contribution is 2.30. The summed E-state index contributed by atoms with van der Waals surface area (Å²) in [6, 6.07) is 5.33. The summed E-state index contributed by atoms with van der Waals surface area (Å²) in [5, 5.41) is 0. The average Bonchev–Trinajstić information content (AvgIpc) is 2.29. The molecule has 0 bridgehead atoms. The second-order valence-corrected chi connectivity index (χ2v) is 5.35. The lowest BCUT2D eigenvalue weighted by molar-refractivity contribution is 0.0597. The molecule has 1 aromatic rings. The second kappa shape index (κ2) is 6.55. The van der Waals surface area contributed by atoms with E-state index in [1.54, 1.807) is 23.9 Å². The summed E-state index contributed by atoms with van der Waals surface area (Å²) in [5.74, 6) is 1.27. The van der Waals surface area contributed by atoms with E-state index in [1.807, 2.05) is 6.07 Å². The lowest BCUT2D eigenvalue weighted by atomic mass is 10.2. The number of anilines is 1. The fraction of sp³-hybridized carbons (Fsp3) is 0.462. The lowest BCUT2D eigenvalue weighted by Gasteiger charge is -2.11. The Morgan fingerprint density at radius 2 is 2.18 bits per heavy atom. The van der Waals surface area contributed by atoms with Crippen LogP contribution in [0.25, 0.3) is 0 Å². The van der Waals surface area contributed by atoms with E-state index < -0.39 is 0 Å². The Bertz CT molecular complexity index is 391. The molecule has 0 aliphatic heterocycles. The van der Waals surface area contributed by atoms with Gasteiger partial charge in [-0.05, 0) is 30.2 Å². The Hall–Kier alpha value is -1.16. The largest absolute Gasteiger partial charge is 0.465 e. The maximum atomic E-state index is 11.6. The number of hydrogen-bond acceptors (Lipinski definition) is 4. The molecule has 0 aromatic heterocycles. The molecular weight excluding hydrogens is 234 g/mol. The Morgan fingerprint density at radius 1 is 1.47 bits per heavy atom. The van der Waals surface area contributed by atoms with Gasteiger partial charge in [0.1, 0.15) is 0 Å². The molecule has 17 heavy (non-hydrogen) atoms. The highest BCUT2D eigenvalue weighted by atomic mass is 32.2. The normalized spacial score (nSPS) is 10.6. The SMILES string of the molecule is COC(=O)c1cccc(N)c1SCCC(C)C. The van der Waals surface area contributed by atoms with Crippen LogP contribution in [0.4, 0.5) is 5.69 Å². The molecule has 0 spiro atoms. The van der Waals surface area contributed by atoms with Crippen molar-refractivity contribution < 1.29 is 9.53 Å². The van der Waals surface area contributed by atoms with Gasteiger partial charge in [0.25, 0.3) is 0 Å². The van der Waals surface area contributed by atoms with Crippen molar-refractivity contribution in [3.05, 3.63) is 23.8 Å². The van der Waals surface area contributed by atoms with E-state index in [2.05, 4.69) is 13.8 Å². The Balaban J connectivity index is 2.84. The zero-order valence-electron chi connectivity index (χ0n) is 10.5. The van der Waals surface area contributed by atoms with Gasteiger partial charge in [-0.1, -0.05) is 19.9 Å². The maximum absolute atomic E-state index is 11.6. The van der Waals surface area contributed by atoms with Gasteiger partial charge in [-0.3, -0.25) is 0 Å². The number of esters is 1. The molecule has 2 N–H and O–H groups in total. The van der Waals surface area contributed by atoms with Crippen LogP contribution in [0.15, 0.2) is 23.1 Å². The summed E-state index contributed by atoms with van der Waals surface area (Å²) in [7, 11) is 1.38. The summed E-state index contributed by atoms with van der Waals surface area (Å²) < 4.78 is 4.75. The first-order valence-corrected chi connectivity index (χ1v) is 6.64. The monoisotopic (exact) mass is 253 g/mol. The lowest BCUT2D eigenvalue weighted by Crippen LogP contribution is -2.05. The Morgan fingerprint density at radius 3 is 2.76 bits per heavy atom. The van der Waals surface area contributed by atoms with E-state index in [-0.39, 0.29) is 5.97 Å². The fourth-order valence-corrected chi connectivity index (χ4v) is 2.72. The highest BCUT2D eigenvalue weighted by molar-refractivity contribution is 7.99. The zero-order chi connectivity index (χ0) is 12.8. The molecule has 0 atom stereocenters. The molecule has 0 unspecified atom stereocenters. The number of benzene rings is 1. The number of carbonyl (C=O) groups excluding carboxylic acids is 1. The van der Waals surface area contributed by atoms with Crippen molar-refractivity contribution in [2.75, 3.05) is 18.6 Å². The molecule has 0 saturated carbocycles. The predicted octanol–water partition coefficient (Wildman–Crippen LogP) is 3.19. The van der Waals surface area contributed by atoms with Crippen LogP contribution < -0.4 is 5.73 Å². The summed E-state index contributed by atoms with van der Waals surface area (Å²) in [5.41, 5.74) is 7.10.